The number of methoxy groups -OCH3 is 1. The number of nitrogens with zero attached hydrogens (tertiary/aromatic N) is 2. The summed E-state index contributed by atoms with van der Waals surface area (Å²) in [5.74, 6) is -1.66. The van der Waals surface area contributed by atoms with E-state index in [4.69, 9.17) is 4.74 Å². The molecule has 2 aromatic rings. The van der Waals surface area contributed by atoms with E-state index in [1.807, 2.05) is 0 Å². The molecule has 88 valence electrons. The first-order valence-electron chi connectivity index (χ1n) is 4.71. The first-order valence-corrected chi connectivity index (χ1v) is 4.71. The van der Waals surface area contributed by atoms with Crippen molar-refractivity contribution in [1.82, 2.24) is 9.97 Å². The third kappa shape index (κ3) is 2.10. The molecule has 0 atom stereocenters. The Balaban J connectivity index is 2.54. The molecular formula is C11H9FN2O3. The fraction of sp³-hybridized carbons (Fsp3) is 0.0909. The van der Waals surface area contributed by atoms with Crippen LogP contribution in [-0.2, 0) is 0 Å². The maximum Gasteiger partial charge on any atom is 0.262 e. The van der Waals surface area contributed by atoms with Gasteiger partial charge in [-0.2, -0.15) is 9.97 Å². The average Bonchev–Trinajstić information content (AvgIpc) is 2.28. The largest absolute Gasteiger partial charge is 0.490 e. The average molecular weight is 236 g/mol. The summed E-state index contributed by atoms with van der Waals surface area (Å²) in [5, 5.41) is 18.9. The predicted molar refractivity (Wildman–Crippen MR) is 57.3 cm³/mol. The fourth-order valence-corrected chi connectivity index (χ4v) is 1.37. The van der Waals surface area contributed by atoms with E-state index < -0.39 is 17.6 Å². The van der Waals surface area contributed by atoms with E-state index in [9.17, 15) is 14.6 Å². The van der Waals surface area contributed by atoms with Crippen LogP contribution in [0.5, 0.6) is 17.5 Å². The van der Waals surface area contributed by atoms with Gasteiger partial charge in [-0.3, -0.25) is 0 Å². The van der Waals surface area contributed by atoms with Crippen molar-refractivity contribution in [3.63, 3.8) is 0 Å². The lowest BCUT2D eigenvalue weighted by molar-refractivity contribution is 0.328. The van der Waals surface area contributed by atoms with E-state index in [0.717, 1.165) is 0 Å². The van der Waals surface area contributed by atoms with Crippen molar-refractivity contribution in [2.75, 3.05) is 7.11 Å². The molecule has 1 heterocycles. The van der Waals surface area contributed by atoms with E-state index in [1.54, 1.807) is 6.07 Å². The quantitative estimate of drug-likeness (QED) is 0.830. The molecule has 0 fully saturated rings. The standard InChI is InChI=1S/C11H9FN2O3/c1-17-8-10(15)13-9(14-11(8)16)6-3-2-4-7(12)5-6/h2-5H,1H3,(H2,13,14,15,16). The van der Waals surface area contributed by atoms with Gasteiger partial charge >= 0.3 is 0 Å². The maximum absolute atomic E-state index is 13.0. The van der Waals surface area contributed by atoms with Gasteiger partial charge in [0.15, 0.2) is 5.82 Å². The highest BCUT2D eigenvalue weighted by Crippen LogP contribution is 2.33. The van der Waals surface area contributed by atoms with Gasteiger partial charge in [0.25, 0.3) is 11.8 Å². The topological polar surface area (TPSA) is 75.5 Å². The van der Waals surface area contributed by atoms with Crippen molar-refractivity contribution in [1.29, 1.82) is 0 Å². The first-order chi connectivity index (χ1) is 8.11. The number of aromatic hydroxyl groups is 2. The van der Waals surface area contributed by atoms with Crippen molar-refractivity contribution in [2.45, 2.75) is 0 Å². The van der Waals surface area contributed by atoms with Crippen LogP contribution >= 0.6 is 0 Å². The third-order valence-electron chi connectivity index (χ3n) is 2.12. The molecule has 0 aliphatic carbocycles. The lowest BCUT2D eigenvalue weighted by Gasteiger charge is -2.06. The Morgan fingerprint density at radius 3 is 2.35 bits per heavy atom. The first kappa shape index (κ1) is 11.1. The molecule has 6 heteroatoms. The van der Waals surface area contributed by atoms with Crippen LogP contribution in [0.25, 0.3) is 11.4 Å². The second kappa shape index (κ2) is 4.25. The van der Waals surface area contributed by atoms with E-state index in [1.165, 1.54) is 25.3 Å². The molecule has 0 amide bonds. The second-order valence-corrected chi connectivity index (χ2v) is 3.24. The summed E-state index contributed by atoms with van der Waals surface area (Å²) in [6.45, 7) is 0. The monoisotopic (exact) mass is 236 g/mol. The minimum absolute atomic E-state index is 0.0142. The summed E-state index contributed by atoms with van der Waals surface area (Å²) in [6, 6.07) is 5.50. The Hall–Kier alpha value is -2.37. The van der Waals surface area contributed by atoms with Crippen LogP contribution in [0, 0.1) is 5.82 Å². The van der Waals surface area contributed by atoms with Gasteiger partial charge in [-0.1, -0.05) is 12.1 Å². The van der Waals surface area contributed by atoms with Gasteiger partial charge in [0, 0.05) is 5.56 Å². The summed E-state index contributed by atoms with van der Waals surface area (Å²) < 4.78 is 17.7. The Morgan fingerprint density at radius 1 is 1.18 bits per heavy atom. The minimum Gasteiger partial charge on any atom is -0.490 e. The van der Waals surface area contributed by atoms with Crippen LogP contribution in [0.1, 0.15) is 0 Å². The number of ether oxygens (including phenoxy) is 1. The molecule has 17 heavy (non-hydrogen) atoms. The van der Waals surface area contributed by atoms with Crippen molar-refractivity contribution >= 4 is 0 Å². The molecular weight excluding hydrogens is 227 g/mol. The number of halogens is 1. The van der Waals surface area contributed by atoms with Gasteiger partial charge < -0.3 is 14.9 Å². The number of hydrogen-bond acceptors (Lipinski definition) is 5. The molecule has 1 aromatic carbocycles. The van der Waals surface area contributed by atoms with E-state index >= 15 is 0 Å². The minimum atomic E-state index is -0.501. The van der Waals surface area contributed by atoms with Crippen molar-refractivity contribution in [3.8, 4) is 28.9 Å². The van der Waals surface area contributed by atoms with Gasteiger partial charge in [-0.15, -0.1) is 0 Å². The Morgan fingerprint density at radius 2 is 1.82 bits per heavy atom. The van der Waals surface area contributed by atoms with Crippen LogP contribution < -0.4 is 4.74 Å². The molecule has 0 aliphatic heterocycles. The lowest BCUT2D eigenvalue weighted by Crippen LogP contribution is -1.94. The van der Waals surface area contributed by atoms with Crippen LogP contribution in [0.15, 0.2) is 24.3 Å². The molecule has 0 saturated heterocycles. The van der Waals surface area contributed by atoms with E-state index in [-0.39, 0.29) is 11.6 Å². The van der Waals surface area contributed by atoms with Gasteiger partial charge in [0.1, 0.15) is 5.82 Å². The number of benzene rings is 1. The number of rotatable bonds is 2. The van der Waals surface area contributed by atoms with Crippen molar-refractivity contribution in [3.05, 3.63) is 30.1 Å². The zero-order valence-corrected chi connectivity index (χ0v) is 8.88. The molecule has 0 bridgehead atoms. The molecule has 2 rings (SSSR count). The Bertz CT molecular complexity index is 537. The SMILES string of the molecule is COc1c(O)nc(-c2cccc(F)c2)nc1O. The highest BCUT2D eigenvalue weighted by atomic mass is 19.1. The van der Waals surface area contributed by atoms with Crippen LogP contribution in [-0.4, -0.2) is 27.3 Å². The summed E-state index contributed by atoms with van der Waals surface area (Å²) in [6.07, 6.45) is 0. The lowest BCUT2D eigenvalue weighted by atomic mass is 10.2. The van der Waals surface area contributed by atoms with Gasteiger partial charge in [0.05, 0.1) is 7.11 Å². The zero-order valence-electron chi connectivity index (χ0n) is 8.88. The van der Waals surface area contributed by atoms with Crippen molar-refractivity contribution in [2.24, 2.45) is 0 Å². The Labute approximate surface area is 96.2 Å². The summed E-state index contributed by atoms with van der Waals surface area (Å²) in [7, 11) is 1.26. The van der Waals surface area contributed by atoms with Gasteiger partial charge in [-0.05, 0) is 12.1 Å². The smallest absolute Gasteiger partial charge is 0.262 e. The number of aromatic nitrogens is 2. The second-order valence-electron chi connectivity index (χ2n) is 3.24. The van der Waals surface area contributed by atoms with Crippen molar-refractivity contribution < 1.29 is 19.3 Å². The van der Waals surface area contributed by atoms with Gasteiger partial charge in [0.2, 0.25) is 5.75 Å². The van der Waals surface area contributed by atoms with Crippen LogP contribution in [0.2, 0.25) is 0 Å². The van der Waals surface area contributed by atoms with Crippen LogP contribution in [0.4, 0.5) is 4.39 Å². The molecule has 0 aliphatic rings. The van der Waals surface area contributed by atoms with Gasteiger partial charge in [-0.25, -0.2) is 4.39 Å². The van der Waals surface area contributed by atoms with Crippen LogP contribution in [0.3, 0.4) is 0 Å². The summed E-state index contributed by atoms with van der Waals surface area (Å²) in [5.41, 5.74) is 0.346. The predicted octanol–water partition coefficient (Wildman–Crippen LogP) is 1.70. The third-order valence-corrected chi connectivity index (χ3v) is 2.12. The highest BCUT2D eigenvalue weighted by molar-refractivity contribution is 5.58. The molecule has 0 unspecified atom stereocenters. The molecule has 5 nitrogen and oxygen atoms in total. The summed E-state index contributed by atoms with van der Waals surface area (Å²) in [4.78, 5) is 7.42. The molecule has 1 aromatic heterocycles. The summed E-state index contributed by atoms with van der Waals surface area (Å²) >= 11 is 0. The fourth-order valence-electron chi connectivity index (χ4n) is 1.37. The van der Waals surface area contributed by atoms with E-state index in [2.05, 4.69) is 9.97 Å². The van der Waals surface area contributed by atoms with E-state index in [0.29, 0.717) is 5.56 Å². The maximum atomic E-state index is 13.0. The molecule has 0 spiro atoms. The molecule has 0 saturated carbocycles. The highest BCUT2D eigenvalue weighted by Gasteiger charge is 2.14. The zero-order chi connectivity index (χ0) is 12.4. The molecule has 0 radical (unpaired) electrons. The molecule has 2 N–H and O–H groups in total. The normalized spacial score (nSPS) is 10.2. The Kier molecular flexibility index (Phi) is 2.78. The number of hydrogen-bond donors (Lipinski definition) is 2.